The molecular formula is C17H22N2OS. The molecular weight excluding hydrogens is 280 g/mol. The summed E-state index contributed by atoms with van der Waals surface area (Å²) in [6, 6.07) is 8.44. The first-order chi connectivity index (χ1) is 10.3. The van der Waals surface area contributed by atoms with Gasteiger partial charge >= 0.3 is 0 Å². The number of hydrogen-bond acceptors (Lipinski definition) is 3. The number of nitrogens with one attached hydrogen (secondary N) is 1. The predicted octanol–water partition coefficient (Wildman–Crippen LogP) is 2.31. The van der Waals surface area contributed by atoms with Gasteiger partial charge in [0.1, 0.15) is 0 Å². The summed E-state index contributed by atoms with van der Waals surface area (Å²) in [5, 5.41) is 3.60. The quantitative estimate of drug-likeness (QED) is 0.864. The minimum absolute atomic E-state index is 0.109. The standard InChI is InChI=1S/C17H22N2OS/c20-16(15-11-13-3-1-2-4-14(13)21-15)19-9-6-17(7-10-19)5-8-18-12-17/h1-4,15,18H,5-12H2. The lowest BCUT2D eigenvalue weighted by Gasteiger charge is -2.39. The number of nitrogens with zero attached hydrogens (tertiary/aromatic N) is 1. The molecule has 1 atom stereocenters. The van der Waals surface area contributed by atoms with Crippen molar-refractivity contribution in [2.45, 2.75) is 35.8 Å². The number of fused-ring (bicyclic) bond motifs is 1. The van der Waals surface area contributed by atoms with Crippen LogP contribution in [-0.2, 0) is 11.2 Å². The van der Waals surface area contributed by atoms with Crippen LogP contribution in [0.3, 0.4) is 0 Å². The molecule has 4 heteroatoms. The van der Waals surface area contributed by atoms with Crippen molar-refractivity contribution in [3.05, 3.63) is 29.8 Å². The minimum Gasteiger partial charge on any atom is -0.342 e. The number of amides is 1. The monoisotopic (exact) mass is 302 g/mol. The van der Waals surface area contributed by atoms with Crippen LogP contribution in [0.2, 0.25) is 0 Å². The number of rotatable bonds is 1. The summed E-state index contributed by atoms with van der Waals surface area (Å²) in [4.78, 5) is 16.2. The molecule has 1 spiro atoms. The van der Waals surface area contributed by atoms with Gasteiger partial charge in [-0.1, -0.05) is 18.2 Å². The molecule has 1 N–H and O–H groups in total. The van der Waals surface area contributed by atoms with Gasteiger partial charge in [-0.3, -0.25) is 4.79 Å². The van der Waals surface area contributed by atoms with E-state index in [4.69, 9.17) is 0 Å². The Balaban J connectivity index is 1.39. The van der Waals surface area contributed by atoms with Crippen molar-refractivity contribution in [2.75, 3.05) is 26.2 Å². The van der Waals surface area contributed by atoms with E-state index in [9.17, 15) is 4.79 Å². The third-order valence-electron chi connectivity index (χ3n) is 5.39. The Kier molecular flexibility index (Phi) is 3.46. The number of hydrogen-bond donors (Lipinski definition) is 1. The SMILES string of the molecule is O=C(C1Cc2ccccc2S1)N1CCC2(CCNC2)CC1. The van der Waals surface area contributed by atoms with E-state index in [0.29, 0.717) is 11.3 Å². The summed E-state index contributed by atoms with van der Waals surface area (Å²) in [6.45, 7) is 4.21. The average molecular weight is 302 g/mol. The number of likely N-dealkylation sites (tertiary alicyclic amines) is 1. The van der Waals surface area contributed by atoms with Gasteiger partial charge in [0.15, 0.2) is 0 Å². The summed E-state index contributed by atoms with van der Waals surface area (Å²) in [5.74, 6) is 0.358. The fraction of sp³-hybridized carbons (Fsp3) is 0.588. The van der Waals surface area contributed by atoms with E-state index >= 15 is 0 Å². The summed E-state index contributed by atoms with van der Waals surface area (Å²) < 4.78 is 0. The van der Waals surface area contributed by atoms with Crippen LogP contribution in [0.15, 0.2) is 29.2 Å². The molecule has 0 radical (unpaired) electrons. The maximum absolute atomic E-state index is 12.8. The van der Waals surface area contributed by atoms with E-state index in [2.05, 4.69) is 34.5 Å². The Hall–Kier alpha value is -1.00. The molecule has 2 fully saturated rings. The highest BCUT2D eigenvalue weighted by Gasteiger charge is 2.40. The fourth-order valence-electron chi connectivity index (χ4n) is 3.95. The molecule has 0 bridgehead atoms. The summed E-state index contributed by atoms with van der Waals surface area (Å²) in [6.07, 6.45) is 4.55. The van der Waals surface area contributed by atoms with Crippen LogP contribution in [0.1, 0.15) is 24.8 Å². The van der Waals surface area contributed by atoms with Gasteiger partial charge in [-0.2, -0.15) is 0 Å². The molecule has 112 valence electrons. The molecule has 3 aliphatic rings. The lowest BCUT2D eigenvalue weighted by atomic mass is 9.78. The van der Waals surface area contributed by atoms with E-state index < -0.39 is 0 Å². The zero-order valence-corrected chi connectivity index (χ0v) is 13.1. The number of carbonyl (C=O) groups excluding carboxylic acids is 1. The van der Waals surface area contributed by atoms with Crippen molar-refractivity contribution in [3.8, 4) is 0 Å². The van der Waals surface area contributed by atoms with Crippen molar-refractivity contribution in [3.63, 3.8) is 0 Å². The van der Waals surface area contributed by atoms with E-state index in [1.807, 2.05) is 0 Å². The molecule has 1 unspecified atom stereocenters. The van der Waals surface area contributed by atoms with Crippen LogP contribution in [0.4, 0.5) is 0 Å². The Labute approximate surface area is 130 Å². The first-order valence-corrected chi connectivity index (χ1v) is 8.88. The Bertz CT molecular complexity index is 518. The highest BCUT2D eigenvalue weighted by Crippen LogP contribution is 2.40. The molecule has 0 saturated carbocycles. The molecule has 4 rings (SSSR count). The van der Waals surface area contributed by atoms with E-state index in [0.717, 1.165) is 32.6 Å². The largest absolute Gasteiger partial charge is 0.342 e. The highest BCUT2D eigenvalue weighted by atomic mass is 32.2. The Morgan fingerprint density at radius 1 is 1.24 bits per heavy atom. The maximum Gasteiger partial charge on any atom is 0.236 e. The molecule has 0 aliphatic carbocycles. The zero-order valence-electron chi connectivity index (χ0n) is 12.3. The van der Waals surface area contributed by atoms with E-state index in [1.54, 1.807) is 11.8 Å². The molecule has 2 saturated heterocycles. The van der Waals surface area contributed by atoms with Gasteiger partial charge in [-0.15, -0.1) is 11.8 Å². The average Bonchev–Trinajstić information content (AvgIpc) is 3.14. The van der Waals surface area contributed by atoms with Crippen LogP contribution in [0.5, 0.6) is 0 Å². The van der Waals surface area contributed by atoms with E-state index in [-0.39, 0.29) is 5.25 Å². The predicted molar refractivity (Wildman–Crippen MR) is 85.5 cm³/mol. The molecule has 1 aromatic rings. The molecule has 21 heavy (non-hydrogen) atoms. The first kappa shape index (κ1) is 13.6. The normalized spacial score (nSPS) is 27.0. The lowest BCUT2D eigenvalue weighted by Crippen LogP contribution is -2.46. The molecule has 3 aliphatic heterocycles. The third-order valence-corrected chi connectivity index (χ3v) is 6.70. The number of piperidine rings is 1. The van der Waals surface area contributed by atoms with Crippen LogP contribution < -0.4 is 5.32 Å². The van der Waals surface area contributed by atoms with Crippen molar-refractivity contribution in [1.29, 1.82) is 0 Å². The molecule has 1 aromatic carbocycles. The van der Waals surface area contributed by atoms with Crippen molar-refractivity contribution in [1.82, 2.24) is 10.2 Å². The van der Waals surface area contributed by atoms with Gasteiger partial charge < -0.3 is 10.2 Å². The number of thioether (sulfide) groups is 1. The lowest BCUT2D eigenvalue weighted by molar-refractivity contribution is -0.132. The van der Waals surface area contributed by atoms with Crippen LogP contribution in [0, 0.1) is 5.41 Å². The van der Waals surface area contributed by atoms with Gasteiger partial charge in [-0.25, -0.2) is 0 Å². The van der Waals surface area contributed by atoms with Gasteiger partial charge in [0.25, 0.3) is 0 Å². The second kappa shape index (κ2) is 5.33. The molecule has 3 nitrogen and oxygen atoms in total. The second-order valence-corrected chi connectivity index (χ2v) is 7.91. The van der Waals surface area contributed by atoms with Crippen molar-refractivity contribution >= 4 is 17.7 Å². The fourth-order valence-corrected chi connectivity index (χ4v) is 5.23. The number of benzene rings is 1. The van der Waals surface area contributed by atoms with Crippen LogP contribution in [0.25, 0.3) is 0 Å². The van der Waals surface area contributed by atoms with Gasteiger partial charge in [-0.05, 0) is 49.3 Å². The minimum atomic E-state index is 0.109. The maximum atomic E-state index is 12.8. The number of carbonyl (C=O) groups is 1. The first-order valence-electron chi connectivity index (χ1n) is 8.00. The molecule has 1 amide bonds. The van der Waals surface area contributed by atoms with Gasteiger partial charge in [0.05, 0.1) is 5.25 Å². The summed E-state index contributed by atoms with van der Waals surface area (Å²) in [5.41, 5.74) is 1.83. The zero-order chi connectivity index (χ0) is 14.3. The van der Waals surface area contributed by atoms with E-state index in [1.165, 1.54) is 29.7 Å². The third kappa shape index (κ3) is 2.49. The topological polar surface area (TPSA) is 32.3 Å². The smallest absolute Gasteiger partial charge is 0.236 e. The molecule has 0 aromatic heterocycles. The summed E-state index contributed by atoms with van der Waals surface area (Å²) in [7, 11) is 0. The van der Waals surface area contributed by atoms with Crippen LogP contribution >= 0.6 is 11.8 Å². The summed E-state index contributed by atoms with van der Waals surface area (Å²) >= 11 is 1.76. The Morgan fingerprint density at radius 2 is 2.05 bits per heavy atom. The van der Waals surface area contributed by atoms with Crippen molar-refractivity contribution < 1.29 is 4.79 Å². The van der Waals surface area contributed by atoms with Crippen molar-refractivity contribution in [2.24, 2.45) is 5.41 Å². The second-order valence-electron chi connectivity index (χ2n) is 6.67. The Morgan fingerprint density at radius 3 is 2.76 bits per heavy atom. The molecule has 3 heterocycles. The van der Waals surface area contributed by atoms with Gasteiger partial charge in [0, 0.05) is 24.5 Å². The van der Waals surface area contributed by atoms with Crippen LogP contribution in [-0.4, -0.2) is 42.2 Å². The highest BCUT2D eigenvalue weighted by molar-refractivity contribution is 8.01. The van der Waals surface area contributed by atoms with Gasteiger partial charge in [0.2, 0.25) is 5.91 Å².